The van der Waals surface area contributed by atoms with Crippen LogP contribution in [0.1, 0.15) is 42.4 Å². The average molecular weight is 503 g/mol. The van der Waals surface area contributed by atoms with Crippen LogP contribution in [0.4, 0.5) is 4.79 Å². The molecule has 2 unspecified atom stereocenters. The number of aromatic nitrogens is 2. The summed E-state index contributed by atoms with van der Waals surface area (Å²) in [4.78, 5) is 28.8. The van der Waals surface area contributed by atoms with Crippen molar-refractivity contribution < 1.29 is 14.7 Å². The summed E-state index contributed by atoms with van der Waals surface area (Å²) < 4.78 is 1.12. The molecule has 2 saturated heterocycles. The van der Waals surface area contributed by atoms with E-state index in [2.05, 4.69) is 28.7 Å². The molecule has 2 aliphatic rings. The molecule has 182 valence electrons. The van der Waals surface area contributed by atoms with Gasteiger partial charge in [-0.25, -0.2) is 9.59 Å². The number of thioether (sulfide) groups is 1. The predicted octanol–water partition coefficient (Wildman–Crippen LogP) is 5.53. The maximum absolute atomic E-state index is 12.7. The minimum atomic E-state index is -1.14. The molecule has 4 rings (SSSR count). The first-order chi connectivity index (χ1) is 16.4. The molecule has 0 radical (unpaired) electrons. The Labute approximate surface area is 210 Å². The third-order valence-corrected chi connectivity index (χ3v) is 7.16. The van der Waals surface area contributed by atoms with Gasteiger partial charge in [0, 0.05) is 54.4 Å². The standard InChI is InChI=1S/C23H25ClN4O3S.C2H6/c1-3-8-32-15(2)19-9-16(4-5-20(19)24)10-26-11-17-13-27(14-18(17)12-26)23(31)28-7-6-21(25-28)22(29)30;1-2/h3-9,17-18H,2,10-14H2,1H3,(H,29,30);1-2H3/b8-3-;. The Hall–Kier alpha value is -2.55. The molecule has 2 aliphatic heterocycles. The molecule has 34 heavy (non-hydrogen) atoms. The summed E-state index contributed by atoms with van der Waals surface area (Å²) in [7, 11) is 0. The van der Waals surface area contributed by atoms with Crippen molar-refractivity contribution in [3.05, 3.63) is 70.4 Å². The summed E-state index contributed by atoms with van der Waals surface area (Å²) in [6.45, 7) is 14.1. The number of aromatic carboxylic acids is 1. The second-order valence-corrected chi connectivity index (χ2v) is 9.59. The van der Waals surface area contributed by atoms with Crippen molar-refractivity contribution in [2.75, 3.05) is 26.2 Å². The van der Waals surface area contributed by atoms with Crippen molar-refractivity contribution in [2.45, 2.75) is 27.3 Å². The first-order valence-electron chi connectivity index (χ1n) is 11.4. The Morgan fingerprint density at radius 2 is 1.88 bits per heavy atom. The lowest BCUT2D eigenvalue weighted by atomic mass is 10.0. The van der Waals surface area contributed by atoms with Crippen molar-refractivity contribution in [2.24, 2.45) is 11.8 Å². The van der Waals surface area contributed by atoms with Gasteiger partial charge >= 0.3 is 12.0 Å². The average Bonchev–Trinajstić information content (AvgIpc) is 3.55. The number of amides is 1. The van der Waals surface area contributed by atoms with Crippen LogP contribution in [0.3, 0.4) is 0 Å². The summed E-state index contributed by atoms with van der Waals surface area (Å²) in [5.74, 6) is -0.333. The fourth-order valence-corrected chi connectivity index (χ4v) is 5.31. The lowest BCUT2D eigenvalue weighted by molar-refractivity contribution is 0.0690. The van der Waals surface area contributed by atoms with Gasteiger partial charge in [-0.2, -0.15) is 9.78 Å². The van der Waals surface area contributed by atoms with Gasteiger partial charge in [0.2, 0.25) is 0 Å². The van der Waals surface area contributed by atoms with Crippen LogP contribution < -0.4 is 0 Å². The van der Waals surface area contributed by atoms with E-state index < -0.39 is 5.97 Å². The summed E-state index contributed by atoms with van der Waals surface area (Å²) in [6, 6.07) is 7.17. The van der Waals surface area contributed by atoms with Crippen LogP contribution in [0, 0.1) is 11.8 Å². The van der Waals surface area contributed by atoms with Gasteiger partial charge in [-0.3, -0.25) is 4.90 Å². The minimum absolute atomic E-state index is 0.127. The van der Waals surface area contributed by atoms with Crippen molar-refractivity contribution in [3.8, 4) is 0 Å². The number of carboxylic acid groups (broad SMARTS) is 1. The molecule has 0 saturated carbocycles. The first kappa shape index (κ1) is 26.1. The number of hydrogen-bond donors (Lipinski definition) is 1. The summed E-state index contributed by atoms with van der Waals surface area (Å²) in [5.41, 5.74) is 2.03. The monoisotopic (exact) mass is 502 g/mol. The van der Waals surface area contributed by atoms with Crippen molar-refractivity contribution >= 4 is 40.3 Å². The van der Waals surface area contributed by atoms with E-state index in [0.29, 0.717) is 29.9 Å². The van der Waals surface area contributed by atoms with E-state index in [1.165, 1.54) is 17.8 Å². The van der Waals surface area contributed by atoms with Gasteiger partial charge in [0.25, 0.3) is 0 Å². The largest absolute Gasteiger partial charge is 0.476 e. The molecule has 0 bridgehead atoms. The van der Waals surface area contributed by atoms with Crippen LogP contribution in [0.15, 0.2) is 48.5 Å². The Morgan fingerprint density at radius 3 is 2.47 bits per heavy atom. The Bertz CT molecular complexity index is 1070. The number of carbonyl (C=O) groups excluding carboxylic acids is 1. The van der Waals surface area contributed by atoms with Crippen molar-refractivity contribution in [1.82, 2.24) is 19.6 Å². The minimum Gasteiger partial charge on any atom is -0.476 e. The third-order valence-electron chi connectivity index (χ3n) is 5.92. The molecule has 1 N–H and O–H groups in total. The van der Waals surface area contributed by atoms with E-state index in [0.717, 1.165) is 34.8 Å². The summed E-state index contributed by atoms with van der Waals surface area (Å²) in [5, 5.41) is 15.6. The highest BCUT2D eigenvalue weighted by Gasteiger charge is 2.42. The molecule has 0 aliphatic carbocycles. The number of allylic oxidation sites excluding steroid dienone is 1. The normalized spacial score (nSPS) is 19.7. The molecule has 2 fully saturated rings. The molecule has 1 aromatic heterocycles. The highest BCUT2D eigenvalue weighted by molar-refractivity contribution is 8.10. The van der Waals surface area contributed by atoms with Crippen LogP contribution in [0.2, 0.25) is 5.02 Å². The Morgan fingerprint density at radius 1 is 1.21 bits per heavy atom. The van der Waals surface area contributed by atoms with Gasteiger partial charge in [-0.05, 0) is 47.9 Å². The van der Waals surface area contributed by atoms with Crippen LogP contribution in [-0.4, -0.2) is 62.9 Å². The van der Waals surface area contributed by atoms with Gasteiger partial charge in [-0.15, -0.1) is 0 Å². The summed E-state index contributed by atoms with van der Waals surface area (Å²) >= 11 is 7.95. The van der Waals surface area contributed by atoms with Crippen LogP contribution >= 0.6 is 23.4 Å². The lowest BCUT2D eigenvalue weighted by Crippen LogP contribution is -2.36. The van der Waals surface area contributed by atoms with Crippen molar-refractivity contribution in [1.29, 1.82) is 0 Å². The molecule has 1 aromatic carbocycles. The highest BCUT2D eigenvalue weighted by Crippen LogP contribution is 2.35. The molecule has 3 heterocycles. The third kappa shape index (κ3) is 5.92. The molecule has 2 atom stereocenters. The zero-order chi connectivity index (χ0) is 24.8. The predicted molar refractivity (Wildman–Crippen MR) is 138 cm³/mol. The number of hydrogen-bond acceptors (Lipinski definition) is 5. The number of rotatable bonds is 6. The van der Waals surface area contributed by atoms with E-state index in [9.17, 15) is 9.59 Å². The van der Waals surface area contributed by atoms with E-state index >= 15 is 0 Å². The zero-order valence-electron chi connectivity index (χ0n) is 19.8. The number of nitrogens with zero attached hydrogens (tertiary/aromatic N) is 4. The van der Waals surface area contributed by atoms with Gasteiger partial charge in [0.1, 0.15) is 0 Å². The second-order valence-electron chi connectivity index (χ2n) is 8.18. The van der Waals surface area contributed by atoms with Gasteiger partial charge in [-0.1, -0.05) is 55.9 Å². The quantitative estimate of drug-likeness (QED) is 0.559. The molecular weight excluding hydrogens is 472 g/mol. The van der Waals surface area contributed by atoms with E-state index in [4.69, 9.17) is 16.7 Å². The lowest BCUT2D eigenvalue weighted by Gasteiger charge is -2.22. The van der Waals surface area contributed by atoms with Gasteiger partial charge < -0.3 is 10.0 Å². The second kappa shape index (κ2) is 11.7. The fraction of sp³-hybridized carbons (Fsp3) is 0.400. The van der Waals surface area contributed by atoms with E-state index in [-0.39, 0.29) is 11.7 Å². The van der Waals surface area contributed by atoms with Crippen LogP contribution in [-0.2, 0) is 6.54 Å². The smallest absolute Gasteiger partial charge is 0.356 e. The first-order valence-corrected chi connectivity index (χ1v) is 12.7. The van der Waals surface area contributed by atoms with Crippen LogP contribution in [0.25, 0.3) is 4.91 Å². The maximum atomic E-state index is 12.7. The molecule has 0 spiro atoms. The molecular formula is C25H31ClN4O3S. The number of halogens is 1. The SMILES string of the molecule is C=C(S/C=C\C)c1cc(CN2CC3CN(C(=O)n4ccc(C(=O)O)n4)CC3C2)ccc1Cl.CC. The van der Waals surface area contributed by atoms with E-state index in [1.807, 2.05) is 38.3 Å². The van der Waals surface area contributed by atoms with Gasteiger partial charge in [0.05, 0.1) is 0 Å². The van der Waals surface area contributed by atoms with Crippen LogP contribution in [0.5, 0.6) is 0 Å². The molecule has 7 nitrogen and oxygen atoms in total. The number of carbonyl (C=O) groups is 2. The maximum Gasteiger partial charge on any atom is 0.356 e. The van der Waals surface area contributed by atoms with E-state index in [1.54, 1.807) is 16.7 Å². The Kier molecular flexibility index (Phi) is 8.99. The van der Waals surface area contributed by atoms with Crippen molar-refractivity contribution in [3.63, 3.8) is 0 Å². The number of likely N-dealkylation sites (tertiary alicyclic amines) is 2. The number of fused-ring (bicyclic) bond motifs is 1. The molecule has 1 amide bonds. The zero-order valence-corrected chi connectivity index (χ0v) is 21.3. The van der Waals surface area contributed by atoms with Gasteiger partial charge in [0.15, 0.2) is 5.69 Å². The Balaban J connectivity index is 0.00000158. The number of benzene rings is 1. The highest BCUT2D eigenvalue weighted by atomic mass is 35.5. The molecule has 9 heteroatoms. The summed E-state index contributed by atoms with van der Waals surface area (Å²) in [6.07, 6.45) is 3.38. The number of carboxylic acids is 1. The molecule has 2 aromatic rings. The topological polar surface area (TPSA) is 78.7 Å². The fourth-order valence-electron chi connectivity index (χ4n) is 4.42.